The number of hydrogen-bond donors (Lipinski definition) is 5. The Kier molecular flexibility index (Phi) is 8.77. The Morgan fingerprint density at radius 3 is 2.10 bits per heavy atom. The van der Waals surface area contributed by atoms with E-state index in [0.717, 1.165) is 43.2 Å². The molecule has 1 saturated carbocycles. The number of aromatic nitrogens is 2. The van der Waals surface area contributed by atoms with E-state index in [0.29, 0.717) is 18.8 Å². The molecule has 0 aromatic carbocycles. The molecule has 0 radical (unpaired) electrons. The summed E-state index contributed by atoms with van der Waals surface area (Å²) in [5.74, 6) is 2.55. The lowest BCUT2D eigenvalue weighted by Gasteiger charge is -2.22. The number of nitrogens with zero attached hydrogens (tertiary/aromatic N) is 3. The van der Waals surface area contributed by atoms with E-state index in [4.69, 9.17) is 20.6 Å². The molecule has 2 fully saturated rings. The molecule has 0 amide bonds. The van der Waals surface area contributed by atoms with E-state index < -0.39 is 24.8 Å². The maximum absolute atomic E-state index is 9.99. The smallest absolute Gasteiger partial charge is 0.284 e. The molecule has 1 atom stereocenters. The van der Waals surface area contributed by atoms with Gasteiger partial charge in [0.1, 0.15) is 11.6 Å². The van der Waals surface area contributed by atoms with Crippen molar-refractivity contribution >= 4 is 37.8 Å². The Balaban J connectivity index is 0.000000354. The zero-order chi connectivity index (χ0) is 22.0. The fourth-order valence-corrected chi connectivity index (χ4v) is 4.15. The van der Waals surface area contributed by atoms with E-state index in [1.807, 2.05) is 7.05 Å². The van der Waals surface area contributed by atoms with Crippen molar-refractivity contribution in [1.29, 1.82) is 0 Å². The molecule has 2 heterocycles. The second-order valence-electron chi connectivity index (χ2n) is 7.23. The summed E-state index contributed by atoms with van der Waals surface area (Å²) in [6.45, 7) is 2.62. The van der Waals surface area contributed by atoms with Crippen molar-refractivity contribution in [3.05, 3.63) is 5.56 Å². The van der Waals surface area contributed by atoms with Gasteiger partial charge in [-0.2, -0.15) is 26.8 Å². The van der Waals surface area contributed by atoms with Gasteiger partial charge in [-0.1, -0.05) is 0 Å². The van der Waals surface area contributed by atoms with Gasteiger partial charge < -0.3 is 27.2 Å². The van der Waals surface area contributed by atoms with Gasteiger partial charge in [0, 0.05) is 24.7 Å². The van der Waals surface area contributed by atoms with Gasteiger partial charge >= 0.3 is 0 Å². The van der Waals surface area contributed by atoms with Crippen LogP contribution in [0, 0.1) is 5.92 Å². The van der Waals surface area contributed by atoms with Crippen LogP contribution >= 0.6 is 0 Å². The van der Waals surface area contributed by atoms with Crippen molar-refractivity contribution in [2.75, 3.05) is 36.5 Å². The van der Waals surface area contributed by atoms with Crippen LogP contribution < -0.4 is 21.7 Å². The maximum Gasteiger partial charge on any atom is 0.284 e. The molecule has 1 aliphatic heterocycles. The fourth-order valence-electron chi connectivity index (χ4n) is 2.92. The van der Waals surface area contributed by atoms with E-state index in [9.17, 15) is 16.8 Å². The summed E-state index contributed by atoms with van der Waals surface area (Å²) in [7, 11) is -7.40. The third kappa shape index (κ3) is 7.17. The highest BCUT2D eigenvalue weighted by Gasteiger charge is 2.30. The van der Waals surface area contributed by atoms with Crippen LogP contribution in [0.5, 0.6) is 0 Å². The normalized spacial score (nSPS) is 19.2. The summed E-state index contributed by atoms with van der Waals surface area (Å²) in [5.41, 5.74) is 12.9. The molecule has 0 unspecified atom stereocenters. The van der Waals surface area contributed by atoms with Gasteiger partial charge in [0.25, 0.3) is 20.2 Å². The lowest BCUT2D eigenvalue weighted by Crippen LogP contribution is -2.30. The zero-order valence-corrected chi connectivity index (χ0v) is 18.4. The van der Waals surface area contributed by atoms with Gasteiger partial charge in [0.15, 0.2) is 0 Å². The average Bonchev–Trinajstić information content (AvgIpc) is 3.29. The van der Waals surface area contributed by atoms with E-state index in [1.165, 1.54) is 12.8 Å². The van der Waals surface area contributed by atoms with Crippen LogP contribution in [0.4, 0.5) is 17.6 Å². The van der Waals surface area contributed by atoms with Crippen molar-refractivity contribution in [2.45, 2.75) is 43.2 Å². The molecule has 13 nitrogen and oxygen atoms in total. The van der Waals surface area contributed by atoms with Crippen LogP contribution in [0.25, 0.3) is 0 Å². The van der Waals surface area contributed by atoms with E-state index in [2.05, 4.69) is 20.2 Å². The van der Waals surface area contributed by atoms with Crippen LogP contribution in [0.1, 0.15) is 31.7 Å². The second-order valence-corrected chi connectivity index (χ2v) is 11.0. The third-order valence-corrected chi connectivity index (χ3v) is 8.10. The Morgan fingerprint density at radius 1 is 1.13 bits per heavy atom. The van der Waals surface area contributed by atoms with E-state index in [-0.39, 0.29) is 11.4 Å². The number of likely N-dealkylation sites (N-methyl/N-ethyl adjacent to an activating group) is 1. The van der Waals surface area contributed by atoms with Gasteiger partial charge in [-0.15, -0.1) is 0 Å². The summed E-state index contributed by atoms with van der Waals surface area (Å²) in [4.78, 5) is 10.9. The first kappa shape index (κ1) is 26.3. The van der Waals surface area contributed by atoms with Gasteiger partial charge in [-0.3, -0.25) is 9.11 Å². The predicted molar refractivity (Wildman–Crippen MR) is 113 cm³/mol. The van der Waals surface area contributed by atoms with Crippen LogP contribution in [0.15, 0.2) is 0 Å². The van der Waals surface area contributed by atoms with Crippen molar-refractivity contribution in [3.63, 3.8) is 0 Å². The molecule has 1 aromatic rings. The molecule has 3 rings (SSSR count). The third-order valence-electron chi connectivity index (χ3n) is 4.96. The minimum Gasteiger partial charge on any atom is -0.412 e. The quantitative estimate of drug-likeness (QED) is 0.304. The number of nitrogens with one attached hydrogen (secondary N) is 1. The minimum atomic E-state index is -4.70. The monoisotopic (exact) mass is 470 g/mol. The Bertz CT molecular complexity index is 905. The maximum atomic E-state index is 9.99. The van der Waals surface area contributed by atoms with Crippen molar-refractivity contribution < 1.29 is 31.4 Å². The Morgan fingerprint density at radius 2 is 1.70 bits per heavy atom. The lowest BCUT2D eigenvalue weighted by atomic mass is 10.1. The highest BCUT2D eigenvalue weighted by molar-refractivity contribution is 8.03. The summed E-state index contributed by atoms with van der Waals surface area (Å²) in [6, 6.07) is 0.520. The standard InChI is InChI=1S/C13H22N6.C2H6O6S2.H2O/c1-16-9-4-5-19(7-9)12-10(6-8-2-3-8)11(14)17-13(15)18-12;1-2(9(3,4)5)10(6,7)8;/h8-9,16H,2-7H2,1H3,(H4,14,15,17,18);2H,1H3,(H,3,4,5)(H,6,7,8);1H2/t9-;;/m1../s1. The number of rotatable bonds is 6. The molecule has 9 N–H and O–H groups in total. The van der Waals surface area contributed by atoms with Crippen molar-refractivity contribution in [2.24, 2.45) is 5.92 Å². The first-order chi connectivity index (χ1) is 13.3. The number of anilines is 3. The first-order valence-electron chi connectivity index (χ1n) is 9.09. The highest BCUT2D eigenvalue weighted by Crippen LogP contribution is 2.37. The molecule has 1 saturated heterocycles. The van der Waals surface area contributed by atoms with Crippen molar-refractivity contribution in [3.8, 4) is 0 Å². The van der Waals surface area contributed by atoms with Gasteiger partial charge in [-0.25, -0.2) is 0 Å². The molecule has 30 heavy (non-hydrogen) atoms. The fraction of sp³-hybridized carbons (Fsp3) is 0.733. The predicted octanol–water partition coefficient (Wildman–Crippen LogP) is -1.33. The van der Waals surface area contributed by atoms with E-state index >= 15 is 0 Å². The second kappa shape index (κ2) is 10.0. The molecule has 174 valence electrons. The van der Waals surface area contributed by atoms with Gasteiger partial charge in [0.2, 0.25) is 10.5 Å². The minimum absolute atomic E-state index is 0. The molecule has 1 aliphatic carbocycles. The van der Waals surface area contributed by atoms with Gasteiger partial charge in [-0.05, 0) is 45.6 Å². The number of nitrogens with two attached hydrogens (primary N) is 2. The number of hydrogen-bond acceptors (Lipinski definition) is 10. The van der Waals surface area contributed by atoms with Crippen LogP contribution in [0.3, 0.4) is 0 Å². The summed E-state index contributed by atoms with van der Waals surface area (Å²) < 4.78 is 53.9. The zero-order valence-electron chi connectivity index (χ0n) is 16.8. The van der Waals surface area contributed by atoms with Crippen LogP contribution in [-0.4, -0.2) is 72.1 Å². The molecule has 15 heteroatoms. The summed E-state index contributed by atoms with van der Waals surface area (Å²) in [6.07, 6.45) is 4.70. The van der Waals surface area contributed by atoms with Crippen LogP contribution in [0.2, 0.25) is 0 Å². The highest BCUT2D eigenvalue weighted by atomic mass is 32.3. The van der Waals surface area contributed by atoms with Crippen LogP contribution in [-0.2, 0) is 26.7 Å². The lowest BCUT2D eigenvalue weighted by molar-refractivity contribution is 0.458. The molecule has 0 spiro atoms. The number of nitrogen functional groups attached to an aromatic ring is 2. The SMILES string of the molecule is CC(S(=O)(=O)O)S(=O)(=O)O.CN[C@@H]1CCN(c2nc(N)nc(N)c2CC2CC2)C1.O. The largest absolute Gasteiger partial charge is 0.412 e. The summed E-state index contributed by atoms with van der Waals surface area (Å²) >= 11 is 0. The Hall–Kier alpha value is -1.78. The average molecular weight is 471 g/mol. The molecule has 2 aliphatic rings. The van der Waals surface area contributed by atoms with Crippen molar-refractivity contribution in [1.82, 2.24) is 15.3 Å². The molecular formula is C15H30N6O7S2. The molecule has 1 aromatic heterocycles. The van der Waals surface area contributed by atoms with E-state index in [1.54, 1.807) is 0 Å². The van der Waals surface area contributed by atoms with Gasteiger partial charge in [0.05, 0.1) is 0 Å². The molecular weight excluding hydrogens is 440 g/mol. The Labute approximate surface area is 176 Å². The topological polar surface area (TPSA) is 233 Å². The molecule has 0 bridgehead atoms. The summed E-state index contributed by atoms with van der Waals surface area (Å²) in [5, 5.41) is 3.32. The first-order valence-corrected chi connectivity index (χ1v) is 12.1.